The number of aliphatic hydroxyl groups is 1. The predicted molar refractivity (Wildman–Crippen MR) is 67.9 cm³/mol. The highest BCUT2D eigenvalue weighted by atomic mass is 35.5. The Morgan fingerprint density at radius 2 is 2.50 bits per heavy atom. The molecule has 7 heteroatoms. The lowest BCUT2D eigenvalue weighted by molar-refractivity contribution is 0.0916. The van der Waals surface area contributed by atoms with E-state index < -0.39 is 0 Å². The van der Waals surface area contributed by atoms with E-state index >= 15 is 0 Å². The van der Waals surface area contributed by atoms with Gasteiger partial charge >= 0.3 is 0 Å². The van der Waals surface area contributed by atoms with Crippen LogP contribution >= 0.6 is 22.9 Å². The van der Waals surface area contributed by atoms with Crippen LogP contribution in [0.2, 0.25) is 4.34 Å². The molecule has 0 aliphatic rings. The summed E-state index contributed by atoms with van der Waals surface area (Å²) in [5.41, 5.74) is 0.909. The SMILES string of the molecule is O=C(NC(CO)Cc1ccoc1)c1ncc(Cl)s1. The summed E-state index contributed by atoms with van der Waals surface area (Å²) in [7, 11) is 0. The highest BCUT2D eigenvalue weighted by Gasteiger charge is 2.16. The van der Waals surface area contributed by atoms with Crippen LogP contribution in [0.5, 0.6) is 0 Å². The van der Waals surface area contributed by atoms with Crippen molar-refractivity contribution in [2.45, 2.75) is 12.5 Å². The monoisotopic (exact) mass is 286 g/mol. The van der Waals surface area contributed by atoms with Crippen molar-refractivity contribution in [3.8, 4) is 0 Å². The number of rotatable bonds is 5. The number of aliphatic hydroxyl groups excluding tert-OH is 1. The van der Waals surface area contributed by atoms with E-state index in [1.54, 1.807) is 18.6 Å². The average Bonchev–Trinajstić information content (AvgIpc) is 2.99. The molecule has 2 heterocycles. The molecular formula is C11H11ClN2O3S. The van der Waals surface area contributed by atoms with E-state index in [4.69, 9.17) is 16.0 Å². The minimum absolute atomic E-state index is 0.157. The van der Waals surface area contributed by atoms with Crippen LogP contribution in [0.15, 0.2) is 29.2 Å². The van der Waals surface area contributed by atoms with Crippen molar-refractivity contribution in [2.75, 3.05) is 6.61 Å². The molecular weight excluding hydrogens is 276 g/mol. The van der Waals surface area contributed by atoms with Crippen molar-refractivity contribution in [2.24, 2.45) is 0 Å². The zero-order valence-corrected chi connectivity index (χ0v) is 10.9. The molecule has 1 atom stereocenters. The van der Waals surface area contributed by atoms with Gasteiger partial charge in [0.05, 0.1) is 31.4 Å². The van der Waals surface area contributed by atoms with Crippen LogP contribution in [0.1, 0.15) is 15.4 Å². The molecule has 1 amide bonds. The lowest BCUT2D eigenvalue weighted by Gasteiger charge is -2.14. The number of nitrogens with zero attached hydrogens (tertiary/aromatic N) is 1. The lowest BCUT2D eigenvalue weighted by Crippen LogP contribution is -2.38. The Hall–Kier alpha value is -1.37. The number of carbonyl (C=O) groups excluding carboxylic acids is 1. The molecule has 0 aliphatic carbocycles. The number of aromatic nitrogens is 1. The maximum Gasteiger partial charge on any atom is 0.280 e. The molecule has 5 nitrogen and oxygen atoms in total. The first-order valence-electron chi connectivity index (χ1n) is 5.23. The standard InChI is InChI=1S/C11H11ClN2O3S/c12-9-4-13-11(18-9)10(16)14-8(5-15)3-7-1-2-17-6-7/h1-2,4,6,8,15H,3,5H2,(H,14,16). The van der Waals surface area contributed by atoms with Crippen molar-refractivity contribution in [3.63, 3.8) is 0 Å². The molecule has 18 heavy (non-hydrogen) atoms. The second-order valence-corrected chi connectivity index (χ2v) is 5.32. The van der Waals surface area contributed by atoms with Crippen LogP contribution in [0, 0.1) is 0 Å². The normalized spacial score (nSPS) is 12.3. The van der Waals surface area contributed by atoms with E-state index in [-0.39, 0.29) is 23.6 Å². The molecule has 0 aliphatic heterocycles. The molecule has 0 bridgehead atoms. The van der Waals surface area contributed by atoms with Gasteiger partial charge in [0.15, 0.2) is 5.01 Å². The van der Waals surface area contributed by atoms with Crippen LogP contribution < -0.4 is 5.32 Å². The van der Waals surface area contributed by atoms with Gasteiger partial charge in [0.2, 0.25) is 0 Å². The first kappa shape index (κ1) is 13.1. The Morgan fingerprint density at radius 1 is 1.67 bits per heavy atom. The molecule has 96 valence electrons. The van der Waals surface area contributed by atoms with Gasteiger partial charge in [-0.15, -0.1) is 0 Å². The minimum atomic E-state index is -0.377. The molecule has 0 aromatic carbocycles. The van der Waals surface area contributed by atoms with Gasteiger partial charge in [0.25, 0.3) is 5.91 Å². The number of hydrogen-bond acceptors (Lipinski definition) is 5. The summed E-state index contributed by atoms with van der Waals surface area (Å²) in [5, 5.41) is 12.2. The van der Waals surface area contributed by atoms with E-state index in [0.717, 1.165) is 16.9 Å². The van der Waals surface area contributed by atoms with Crippen LogP contribution in [0.4, 0.5) is 0 Å². The molecule has 0 saturated carbocycles. The third-order valence-corrected chi connectivity index (χ3v) is 3.40. The number of hydrogen-bond donors (Lipinski definition) is 2. The number of furan rings is 1. The number of carbonyl (C=O) groups is 1. The summed E-state index contributed by atoms with van der Waals surface area (Å²) in [6, 6.07) is 1.41. The largest absolute Gasteiger partial charge is 0.472 e. The van der Waals surface area contributed by atoms with E-state index in [9.17, 15) is 9.90 Å². The number of halogens is 1. The number of thiazole rings is 1. The molecule has 2 N–H and O–H groups in total. The Balaban J connectivity index is 1.96. The van der Waals surface area contributed by atoms with E-state index in [2.05, 4.69) is 10.3 Å². The summed E-state index contributed by atoms with van der Waals surface area (Å²) in [5.74, 6) is -0.338. The van der Waals surface area contributed by atoms with Gasteiger partial charge in [-0.25, -0.2) is 4.98 Å². The first-order valence-corrected chi connectivity index (χ1v) is 6.42. The molecule has 0 saturated heterocycles. The Labute approximate surface area is 112 Å². The van der Waals surface area contributed by atoms with Gasteiger partial charge in [0.1, 0.15) is 4.34 Å². The van der Waals surface area contributed by atoms with Gasteiger partial charge in [0, 0.05) is 0 Å². The van der Waals surface area contributed by atoms with Gasteiger partial charge < -0.3 is 14.8 Å². The fourth-order valence-corrected chi connectivity index (χ4v) is 2.28. The molecule has 1 unspecified atom stereocenters. The van der Waals surface area contributed by atoms with Crippen molar-refractivity contribution < 1.29 is 14.3 Å². The third kappa shape index (κ3) is 3.32. The van der Waals surface area contributed by atoms with Gasteiger partial charge in [-0.3, -0.25) is 4.79 Å². The fraction of sp³-hybridized carbons (Fsp3) is 0.273. The third-order valence-electron chi connectivity index (χ3n) is 2.29. The van der Waals surface area contributed by atoms with E-state index in [1.165, 1.54) is 6.20 Å². The van der Waals surface area contributed by atoms with Crippen LogP contribution in [0.3, 0.4) is 0 Å². The second-order valence-electron chi connectivity index (χ2n) is 3.66. The maximum absolute atomic E-state index is 11.8. The number of amides is 1. The molecule has 2 aromatic heterocycles. The first-order chi connectivity index (χ1) is 8.69. The molecule has 2 rings (SSSR count). The van der Waals surface area contributed by atoms with Crippen molar-refractivity contribution in [1.82, 2.24) is 10.3 Å². The molecule has 0 spiro atoms. The van der Waals surface area contributed by atoms with Gasteiger partial charge in [-0.1, -0.05) is 22.9 Å². The Morgan fingerprint density at radius 3 is 3.06 bits per heavy atom. The highest BCUT2D eigenvalue weighted by Crippen LogP contribution is 2.18. The van der Waals surface area contributed by atoms with Gasteiger partial charge in [-0.2, -0.15) is 0 Å². The fourth-order valence-electron chi connectivity index (χ4n) is 1.46. The quantitative estimate of drug-likeness (QED) is 0.878. The molecule has 2 aromatic rings. The summed E-state index contributed by atoms with van der Waals surface area (Å²) < 4.78 is 5.38. The number of nitrogens with one attached hydrogen (secondary N) is 1. The zero-order chi connectivity index (χ0) is 13.0. The lowest BCUT2D eigenvalue weighted by atomic mass is 10.1. The maximum atomic E-state index is 11.8. The second kappa shape index (κ2) is 5.99. The highest BCUT2D eigenvalue weighted by molar-refractivity contribution is 7.17. The van der Waals surface area contributed by atoms with Crippen LogP contribution in [0.25, 0.3) is 0 Å². The zero-order valence-electron chi connectivity index (χ0n) is 9.30. The van der Waals surface area contributed by atoms with E-state index in [0.29, 0.717) is 10.8 Å². The van der Waals surface area contributed by atoms with Crippen LogP contribution in [-0.4, -0.2) is 28.6 Å². The Kier molecular flexibility index (Phi) is 4.35. The Bertz CT molecular complexity index is 512. The van der Waals surface area contributed by atoms with Crippen LogP contribution in [-0.2, 0) is 6.42 Å². The smallest absolute Gasteiger partial charge is 0.280 e. The van der Waals surface area contributed by atoms with Gasteiger partial charge in [-0.05, 0) is 18.1 Å². The van der Waals surface area contributed by atoms with Crippen molar-refractivity contribution >= 4 is 28.8 Å². The molecule has 0 fully saturated rings. The summed E-state index contributed by atoms with van der Waals surface area (Å²) in [6.45, 7) is -0.157. The summed E-state index contributed by atoms with van der Waals surface area (Å²) >= 11 is 6.80. The van der Waals surface area contributed by atoms with E-state index in [1.807, 2.05) is 0 Å². The predicted octanol–water partition coefficient (Wildman–Crippen LogP) is 1.72. The van der Waals surface area contributed by atoms with Crippen molar-refractivity contribution in [1.29, 1.82) is 0 Å². The summed E-state index contributed by atoms with van der Waals surface area (Å²) in [4.78, 5) is 15.7. The molecule has 0 radical (unpaired) electrons. The van der Waals surface area contributed by atoms with Crippen molar-refractivity contribution in [3.05, 3.63) is 39.7 Å². The summed E-state index contributed by atoms with van der Waals surface area (Å²) in [6.07, 6.45) is 5.05. The topological polar surface area (TPSA) is 75.4 Å². The average molecular weight is 287 g/mol. The minimum Gasteiger partial charge on any atom is -0.472 e.